The van der Waals surface area contributed by atoms with Crippen LogP contribution in [-0.2, 0) is 0 Å². The molecule has 1 aliphatic carbocycles. The smallest absolute Gasteiger partial charge is 0.0986 e. The van der Waals surface area contributed by atoms with E-state index in [1.807, 2.05) is 0 Å². The molecule has 1 saturated carbocycles. The summed E-state index contributed by atoms with van der Waals surface area (Å²) >= 11 is 7.13. The van der Waals surface area contributed by atoms with E-state index in [0.29, 0.717) is 5.92 Å². The lowest BCUT2D eigenvalue weighted by molar-refractivity contribution is -0.00795. The summed E-state index contributed by atoms with van der Waals surface area (Å²) in [7, 11) is 0. The first-order valence-electron chi connectivity index (χ1n) is 8.08. The molecule has 0 saturated heterocycles. The number of aliphatic hydroxyl groups is 1. The van der Waals surface area contributed by atoms with Crippen molar-refractivity contribution in [2.45, 2.75) is 93.3 Å². The number of hydrogen-bond donors (Lipinski definition) is 1. The van der Waals surface area contributed by atoms with Gasteiger partial charge in [-0.05, 0) is 18.8 Å². The van der Waals surface area contributed by atoms with Crippen LogP contribution in [-0.4, -0.2) is 14.4 Å². The minimum atomic E-state index is -0.593. The molecule has 0 bridgehead atoms. The van der Waals surface area contributed by atoms with Gasteiger partial charge in [-0.3, -0.25) is 0 Å². The van der Waals surface area contributed by atoms with Crippen LogP contribution in [0.5, 0.6) is 0 Å². The summed E-state index contributed by atoms with van der Waals surface area (Å²) in [5, 5.41) is 10.9. The van der Waals surface area contributed by atoms with Crippen molar-refractivity contribution in [1.82, 2.24) is 0 Å². The molecule has 0 aromatic heterocycles. The number of alkyl halides is 2. The Morgan fingerprint density at radius 1 is 0.842 bits per heavy atom. The molecule has 1 aliphatic rings. The fraction of sp³-hybridized carbons (Fsp3) is 1.00. The Kier molecular flexibility index (Phi) is 9.25. The molecule has 2 atom stereocenters. The Bertz CT molecular complexity index is 233. The lowest BCUT2D eigenvalue weighted by Gasteiger charge is -2.36. The van der Waals surface area contributed by atoms with Gasteiger partial charge in [0.15, 0.2) is 0 Å². The molecule has 0 amide bonds. The van der Waals surface area contributed by atoms with Gasteiger partial charge >= 0.3 is 0 Å². The topological polar surface area (TPSA) is 20.2 Å². The lowest BCUT2D eigenvalue weighted by Crippen LogP contribution is -2.42. The molecule has 1 N–H and O–H groups in total. The highest BCUT2D eigenvalue weighted by Gasteiger charge is 2.38. The van der Waals surface area contributed by atoms with E-state index >= 15 is 0 Å². The third-order valence-corrected chi connectivity index (χ3v) is 6.28. The molecule has 0 aromatic rings. The van der Waals surface area contributed by atoms with Gasteiger partial charge < -0.3 is 5.11 Å². The van der Waals surface area contributed by atoms with Gasteiger partial charge in [0.1, 0.15) is 0 Å². The van der Waals surface area contributed by atoms with E-state index in [4.69, 9.17) is 0 Å². The van der Waals surface area contributed by atoms with Crippen LogP contribution in [0, 0.1) is 5.92 Å². The molecule has 0 heterocycles. The molecule has 1 rings (SSSR count). The van der Waals surface area contributed by atoms with Crippen molar-refractivity contribution >= 4 is 31.9 Å². The van der Waals surface area contributed by atoms with Crippen LogP contribution in [0.25, 0.3) is 0 Å². The zero-order valence-electron chi connectivity index (χ0n) is 12.3. The number of hydrogen-bond acceptors (Lipinski definition) is 1. The van der Waals surface area contributed by atoms with E-state index in [-0.39, 0.29) is 3.74 Å². The second-order valence-electron chi connectivity index (χ2n) is 6.27. The average molecular weight is 398 g/mol. The first-order chi connectivity index (χ1) is 9.07. The maximum Gasteiger partial charge on any atom is 0.0986 e. The summed E-state index contributed by atoms with van der Waals surface area (Å²) in [5.74, 6) is 0.360. The Balaban J connectivity index is 2.52. The summed E-state index contributed by atoms with van der Waals surface area (Å²) in [5.41, 5.74) is -0.593. The van der Waals surface area contributed by atoms with E-state index in [0.717, 1.165) is 19.3 Å². The predicted molar refractivity (Wildman–Crippen MR) is 91.2 cm³/mol. The number of rotatable bonds is 1. The molecule has 2 unspecified atom stereocenters. The van der Waals surface area contributed by atoms with E-state index in [9.17, 15) is 5.11 Å². The van der Waals surface area contributed by atoms with Gasteiger partial charge in [-0.25, -0.2) is 0 Å². The first kappa shape index (κ1) is 18.0. The van der Waals surface area contributed by atoms with Crippen molar-refractivity contribution in [3.05, 3.63) is 0 Å². The Morgan fingerprint density at radius 3 is 1.74 bits per heavy atom. The third-order valence-electron chi connectivity index (χ3n) is 4.70. The van der Waals surface area contributed by atoms with Gasteiger partial charge in [-0.2, -0.15) is 0 Å². The van der Waals surface area contributed by atoms with Crippen LogP contribution < -0.4 is 0 Å². The molecule has 0 aliphatic heterocycles. The summed E-state index contributed by atoms with van der Waals surface area (Å²) < 4.78 is 0.00964. The minimum Gasteiger partial charge on any atom is -0.388 e. The maximum absolute atomic E-state index is 10.9. The molecule has 3 heteroatoms. The average Bonchev–Trinajstić information content (AvgIpc) is 2.38. The van der Waals surface area contributed by atoms with Crippen molar-refractivity contribution in [2.24, 2.45) is 5.92 Å². The summed E-state index contributed by atoms with van der Waals surface area (Å²) in [6.45, 7) is 2.21. The fourth-order valence-corrected chi connectivity index (χ4v) is 4.45. The van der Waals surface area contributed by atoms with E-state index in [1.165, 1.54) is 57.8 Å². The van der Waals surface area contributed by atoms with Gasteiger partial charge in [-0.15, -0.1) is 0 Å². The quantitative estimate of drug-likeness (QED) is 0.525. The minimum absolute atomic E-state index is 0.00964. The Morgan fingerprint density at radius 2 is 1.26 bits per heavy atom. The van der Waals surface area contributed by atoms with Gasteiger partial charge in [-0.1, -0.05) is 103 Å². The zero-order valence-corrected chi connectivity index (χ0v) is 15.5. The molecular formula is C16H30Br2O. The van der Waals surface area contributed by atoms with Gasteiger partial charge in [0, 0.05) is 0 Å². The summed E-state index contributed by atoms with van der Waals surface area (Å²) in [6, 6.07) is 0. The normalized spacial score (nSPS) is 33.0. The largest absolute Gasteiger partial charge is 0.388 e. The van der Waals surface area contributed by atoms with Gasteiger partial charge in [0.2, 0.25) is 0 Å². The van der Waals surface area contributed by atoms with E-state index in [2.05, 4.69) is 38.8 Å². The van der Waals surface area contributed by atoms with E-state index in [1.54, 1.807) is 0 Å². The Labute approximate surface area is 136 Å². The van der Waals surface area contributed by atoms with E-state index < -0.39 is 5.60 Å². The van der Waals surface area contributed by atoms with Crippen molar-refractivity contribution < 1.29 is 5.11 Å². The maximum atomic E-state index is 10.9. The van der Waals surface area contributed by atoms with Crippen LogP contribution >= 0.6 is 31.9 Å². The second-order valence-corrected chi connectivity index (χ2v) is 9.33. The molecule has 1 nitrogen and oxygen atoms in total. The number of halogens is 2. The lowest BCUT2D eigenvalue weighted by atomic mass is 9.82. The molecule has 1 fully saturated rings. The zero-order chi connectivity index (χ0) is 14.1. The highest BCUT2D eigenvalue weighted by atomic mass is 79.9. The van der Waals surface area contributed by atoms with Crippen LogP contribution in [0.4, 0.5) is 0 Å². The molecule has 0 radical (unpaired) electrons. The van der Waals surface area contributed by atoms with Gasteiger partial charge in [0.25, 0.3) is 0 Å². The highest BCUT2D eigenvalue weighted by molar-refractivity contribution is 9.24. The molecular weight excluding hydrogens is 368 g/mol. The Hall–Kier alpha value is 0.920. The van der Waals surface area contributed by atoms with Crippen LogP contribution in [0.3, 0.4) is 0 Å². The molecule has 19 heavy (non-hydrogen) atoms. The highest BCUT2D eigenvalue weighted by Crippen LogP contribution is 2.38. The van der Waals surface area contributed by atoms with Crippen molar-refractivity contribution in [3.63, 3.8) is 0 Å². The van der Waals surface area contributed by atoms with Gasteiger partial charge in [0.05, 0.1) is 9.34 Å². The molecule has 0 aromatic carbocycles. The monoisotopic (exact) mass is 396 g/mol. The predicted octanol–water partition coefficient (Wildman–Crippen LogP) is 6.16. The molecule has 114 valence electrons. The van der Waals surface area contributed by atoms with Crippen molar-refractivity contribution in [2.75, 3.05) is 0 Å². The molecule has 0 spiro atoms. The van der Waals surface area contributed by atoms with Crippen LogP contribution in [0.2, 0.25) is 0 Å². The van der Waals surface area contributed by atoms with Crippen molar-refractivity contribution in [1.29, 1.82) is 0 Å². The summed E-state index contributed by atoms with van der Waals surface area (Å²) in [6.07, 6.45) is 15.4. The van der Waals surface area contributed by atoms with Crippen LogP contribution in [0.1, 0.15) is 84.0 Å². The standard InChI is InChI=1S/C16H30Br2O/c1-14-12-10-8-6-4-2-3-5-7-9-11-13-16(14,19)15(17)18/h14-15,19H,2-13H2,1H3. The summed E-state index contributed by atoms with van der Waals surface area (Å²) in [4.78, 5) is 0. The first-order valence-corrected chi connectivity index (χ1v) is 9.91. The fourth-order valence-electron chi connectivity index (χ4n) is 3.09. The van der Waals surface area contributed by atoms with Crippen molar-refractivity contribution in [3.8, 4) is 0 Å². The third kappa shape index (κ3) is 6.48. The second kappa shape index (κ2) is 9.78. The van der Waals surface area contributed by atoms with Crippen LogP contribution in [0.15, 0.2) is 0 Å². The SMILES string of the molecule is CC1CCCCCCCCCCCCC1(O)C(Br)Br.